The van der Waals surface area contributed by atoms with Gasteiger partial charge < -0.3 is 28.1 Å². The van der Waals surface area contributed by atoms with Crippen molar-refractivity contribution in [1.82, 2.24) is 9.99 Å². The number of carbonyl (C=O) groups is 2. The van der Waals surface area contributed by atoms with E-state index in [0.717, 1.165) is 22.8 Å². The summed E-state index contributed by atoms with van der Waals surface area (Å²) in [7, 11) is 3.79. The molecule has 2 aromatic heterocycles. The topological polar surface area (TPSA) is 108 Å². The standard InChI is InChI=1S/C32H36N4O6/c1-7-39-32(38)23(4)41-30-18-26(35(5)6)11-10-24(30)19-33-34-31(37)29-17-16-28(42-29)20-40-27-14-12-25(13-15-27)36-21(2)8-9-22(36)3/h8-19,23H,7,20H2,1-6H3,(H,34,37)/b33-19+/t23-/m0/s1. The molecule has 0 unspecified atom stereocenters. The van der Waals surface area contributed by atoms with Gasteiger partial charge in [-0.25, -0.2) is 10.2 Å². The monoisotopic (exact) mass is 572 g/mol. The average molecular weight is 573 g/mol. The highest BCUT2D eigenvalue weighted by molar-refractivity contribution is 5.93. The van der Waals surface area contributed by atoms with E-state index in [9.17, 15) is 9.59 Å². The molecule has 1 N–H and O–H groups in total. The minimum atomic E-state index is -0.821. The van der Waals surface area contributed by atoms with Gasteiger partial charge in [0, 0.05) is 48.5 Å². The van der Waals surface area contributed by atoms with Crippen molar-refractivity contribution in [2.24, 2.45) is 5.10 Å². The number of ether oxygens (including phenoxy) is 3. The second kappa shape index (κ2) is 13.6. The molecule has 0 saturated carbocycles. The third kappa shape index (κ3) is 7.39. The van der Waals surface area contributed by atoms with Gasteiger partial charge in [-0.3, -0.25) is 4.79 Å². The summed E-state index contributed by atoms with van der Waals surface area (Å²) in [5.74, 6) is 0.697. The minimum absolute atomic E-state index is 0.0926. The Morgan fingerprint density at radius 3 is 2.40 bits per heavy atom. The summed E-state index contributed by atoms with van der Waals surface area (Å²) in [6, 6.07) is 20.6. The molecule has 2 aromatic carbocycles. The third-order valence-electron chi connectivity index (χ3n) is 6.44. The lowest BCUT2D eigenvalue weighted by atomic mass is 10.2. The number of aryl methyl sites for hydroxylation is 2. The summed E-state index contributed by atoms with van der Waals surface area (Å²) in [5.41, 5.74) is 7.27. The number of nitrogens with one attached hydrogen (secondary N) is 1. The highest BCUT2D eigenvalue weighted by atomic mass is 16.6. The molecule has 10 nitrogen and oxygen atoms in total. The smallest absolute Gasteiger partial charge is 0.347 e. The number of nitrogens with zero attached hydrogens (tertiary/aromatic N) is 3. The molecule has 220 valence electrons. The van der Waals surface area contributed by atoms with Crippen LogP contribution in [0.2, 0.25) is 0 Å². The van der Waals surface area contributed by atoms with E-state index in [-0.39, 0.29) is 19.0 Å². The van der Waals surface area contributed by atoms with E-state index in [1.807, 2.05) is 49.3 Å². The average Bonchev–Trinajstić information content (AvgIpc) is 3.59. The van der Waals surface area contributed by atoms with Gasteiger partial charge in [-0.2, -0.15) is 5.10 Å². The quantitative estimate of drug-likeness (QED) is 0.137. The molecule has 1 amide bonds. The third-order valence-corrected chi connectivity index (χ3v) is 6.44. The molecular formula is C32H36N4O6. The number of rotatable bonds is 12. The van der Waals surface area contributed by atoms with Crippen LogP contribution in [0.5, 0.6) is 11.5 Å². The number of benzene rings is 2. The highest BCUT2D eigenvalue weighted by Crippen LogP contribution is 2.25. The van der Waals surface area contributed by atoms with Gasteiger partial charge in [-0.1, -0.05) is 0 Å². The second-order valence-electron chi connectivity index (χ2n) is 9.83. The summed E-state index contributed by atoms with van der Waals surface area (Å²) in [6.07, 6.45) is 0.622. The van der Waals surface area contributed by atoms with E-state index < -0.39 is 18.0 Å². The summed E-state index contributed by atoms with van der Waals surface area (Å²) >= 11 is 0. The van der Waals surface area contributed by atoms with E-state index in [1.54, 1.807) is 38.1 Å². The largest absolute Gasteiger partial charge is 0.486 e. The number of amides is 1. The zero-order valence-corrected chi connectivity index (χ0v) is 24.7. The van der Waals surface area contributed by atoms with Crippen LogP contribution in [0.3, 0.4) is 0 Å². The molecule has 10 heteroatoms. The van der Waals surface area contributed by atoms with E-state index in [1.165, 1.54) is 6.21 Å². The molecule has 2 heterocycles. The predicted octanol–water partition coefficient (Wildman–Crippen LogP) is 5.43. The van der Waals surface area contributed by atoms with Crippen molar-refractivity contribution in [3.63, 3.8) is 0 Å². The second-order valence-corrected chi connectivity index (χ2v) is 9.83. The Morgan fingerprint density at radius 2 is 1.74 bits per heavy atom. The fraction of sp³-hybridized carbons (Fsp3) is 0.281. The van der Waals surface area contributed by atoms with Crippen LogP contribution in [-0.2, 0) is 16.1 Å². The Hall–Kier alpha value is -4.99. The molecule has 0 aliphatic carbocycles. The van der Waals surface area contributed by atoms with E-state index in [0.29, 0.717) is 22.8 Å². The van der Waals surface area contributed by atoms with Crippen LogP contribution < -0.4 is 19.8 Å². The Labute approximate surface area is 245 Å². The molecule has 4 aromatic rings. The number of esters is 1. The SMILES string of the molecule is CCOC(=O)[C@H](C)Oc1cc(N(C)C)ccc1/C=N/NC(=O)c1ccc(COc2ccc(-n3c(C)ccc3C)cc2)o1. The van der Waals surface area contributed by atoms with Crippen molar-refractivity contribution in [1.29, 1.82) is 0 Å². The van der Waals surface area contributed by atoms with Gasteiger partial charge in [-0.05, 0) is 88.4 Å². The van der Waals surface area contributed by atoms with Crippen LogP contribution in [0, 0.1) is 13.8 Å². The van der Waals surface area contributed by atoms with Crippen molar-refractivity contribution >= 4 is 23.8 Å². The van der Waals surface area contributed by atoms with Crippen LogP contribution in [0.25, 0.3) is 5.69 Å². The van der Waals surface area contributed by atoms with Gasteiger partial charge in [0.2, 0.25) is 0 Å². The summed E-state index contributed by atoms with van der Waals surface area (Å²) in [6.45, 7) is 7.90. The lowest BCUT2D eigenvalue weighted by Crippen LogP contribution is -2.26. The number of anilines is 1. The van der Waals surface area contributed by atoms with Gasteiger partial charge in [0.15, 0.2) is 11.9 Å². The van der Waals surface area contributed by atoms with Crippen LogP contribution in [0.1, 0.15) is 47.1 Å². The molecule has 1 atom stereocenters. The minimum Gasteiger partial charge on any atom is -0.486 e. The van der Waals surface area contributed by atoms with Gasteiger partial charge >= 0.3 is 11.9 Å². The summed E-state index contributed by atoms with van der Waals surface area (Å²) in [4.78, 5) is 26.6. The van der Waals surface area contributed by atoms with Crippen molar-refractivity contribution < 1.29 is 28.2 Å². The molecule has 4 rings (SSSR count). The first-order valence-corrected chi connectivity index (χ1v) is 13.6. The maximum absolute atomic E-state index is 12.6. The van der Waals surface area contributed by atoms with Crippen molar-refractivity contribution in [2.75, 3.05) is 25.6 Å². The number of hydrazone groups is 1. The van der Waals surface area contributed by atoms with Crippen LogP contribution in [0.15, 0.2) is 76.2 Å². The van der Waals surface area contributed by atoms with Crippen molar-refractivity contribution in [3.8, 4) is 17.2 Å². The van der Waals surface area contributed by atoms with Crippen LogP contribution >= 0.6 is 0 Å². The van der Waals surface area contributed by atoms with Crippen molar-refractivity contribution in [2.45, 2.75) is 40.4 Å². The maximum atomic E-state index is 12.6. The number of furan rings is 1. The molecule has 0 radical (unpaired) electrons. The Morgan fingerprint density at radius 1 is 1.02 bits per heavy atom. The number of hydrogen-bond donors (Lipinski definition) is 1. The number of hydrogen-bond acceptors (Lipinski definition) is 8. The molecule has 0 bridgehead atoms. The molecule has 42 heavy (non-hydrogen) atoms. The summed E-state index contributed by atoms with van der Waals surface area (Å²) < 4.78 is 24.6. The molecule has 0 aliphatic rings. The summed E-state index contributed by atoms with van der Waals surface area (Å²) in [5, 5.41) is 4.06. The lowest BCUT2D eigenvalue weighted by molar-refractivity contribution is -0.150. The number of aromatic nitrogens is 1. The Kier molecular flexibility index (Phi) is 9.69. The van der Waals surface area contributed by atoms with Gasteiger partial charge in [0.05, 0.1) is 12.8 Å². The normalized spacial score (nSPS) is 11.8. The van der Waals surface area contributed by atoms with Gasteiger partial charge in [0.1, 0.15) is 23.9 Å². The Balaban J connectivity index is 1.35. The van der Waals surface area contributed by atoms with Gasteiger partial charge in [0.25, 0.3) is 0 Å². The zero-order valence-electron chi connectivity index (χ0n) is 24.7. The fourth-order valence-electron chi connectivity index (χ4n) is 4.22. The molecule has 0 fully saturated rings. The zero-order chi connectivity index (χ0) is 30.2. The van der Waals surface area contributed by atoms with E-state index in [2.05, 4.69) is 41.1 Å². The fourth-order valence-corrected chi connectivity index (χ4v) is 4.22. The highest BCUT2D eigenvalue weighted by Gasteiger charge is 2.18. The first kappa shape index (κ1) is 30.0. The van der Waals surface area contributed by atoms with Crippen molar-refractivity contribution in [3.05, 3.63) is 95.2 Å². The van der Waals surface area contributed by atoms with E-state index >= 15 is 0 Å². The molecule has 0 spiro atoms. The van der Waals surface area contributed by atoms with Crippen LogP contribution in [0.4, 0.5) is 5.69 Å². The maximum Gasteiger partial charge on any atom is 0.347 e. The molecular weight excluding hydrogens is 536 g/mol. The Bertz CT molecular complexity index is 1530. The predicted molar refractivity (Wildman–Crippen MR) is 161 cm³/mol. The first-order chi connectivity index (χ1) is 20.2. The molecule has 0 aliphatic heterocycles. The molecule has 0 saturated heterocycles. The lowest BCUT2D eigenvalue weighted by Gasteiger charge is -2.18. The van der Waals surface area contributed by atoms with Crippen LogP contribution in [-0.4, -0.2) is 49.5 Å². The van der Waals surface area contributed by atoms with Gasteiger partial charge in [-0.15, -0.1) is 0 Å². The van der Waals surface area contributed by atoms with E-state index in [4.69, 9.17) is 18.6 Å². The first-order valence-electron chi connectivity index (χ1n) is 13.6. The number of carbonyl (C=O) groups excluding carboxylic acids is 2.